The molecule has 1 fully saturated rings. The van der Waals surface area contributed by atoms with E-state index in [1.54, 1.807) is 18.4 Å². The molecule has 242 valence electrons. The fourth-order valence-electron chi connectivity index (χ4n) is 4.52. The highest BCUT2D eigenvalue weighted by Gasteiger charge is 2.41. The molecule has 0 radical (unpaired) electrons. The van der Waals surface area contributed by atoms with Crippen LogP contribution < -0.4 is 21.1 Å². The second-order valence-electron chi connectivity index (χ2n) is 9.88. The molecule has 0 bridgehead atoms. The number of nitrogens with zero attached hydrogens (tertiary/aromatic N) is 1. The standard InChI is InChI=1S/C29H29F4N5O5S.ClH/c1-15(23-10-18(14-44-23)26(34)35)37-28(41)22-11-21(43-29(32)33)13-38(22)24(39)12-36-27(40)17-4-8-20(9-5-17)42-19-6-2-16(3-7-19)25(30)31;/h2-10,14-15,21-22,25,29H,11-13H2,1H3,(H3,34,35)(H,36,40)(H,37,41);1H/t15?,21-,22+;/m1./s1. The summed E-state index contributed by atoms with van der Waals surface area (Å²) in [5, 5.41) is 14.4. The largest absolute Gasteiger partial charge is 0.457 e. The molecule has 45 heavy (non-hydrogen) atoms. The summed E-state index contributed by atoms with van der Waals surface area (Å²) in [5.41, 5.74) is 6.03. The van der Waals surface area contributed by atoms with Gasteiger partial charge in [0.15, 0.2) is 0 Å². The maximum absolute atomic E-state index is 13.1. The number of halogens is 5. The normalized spacial score (nSPS) is 16.6. The Morgan fingerprint density at radius 3 is 2.22 bits per heavy atom. The van der Waals surface area contributed by atoms with Crippen molar-refractivity contribution in [3.8, 4) is 11.5 Å². The number of nitrogen functional groups attached to an aromatic ring is 1. The van der Waals surface area contributed by atoms with Crippen LogP contribution in [0.15, 0.2) is 60.0 Å². The minimum Gasteiger partial charge on any atom is -0.457 e. The number of hydrogen-bond acceptors (Lipinski definition) is 7. The Labute approximate surface area is 265 Å². The molecular weight excluding hydrogens is 642 g/mol. The summed E-state index contributed by atoms with van der Waals surface area (Å²) in [4.78, 5) is 40.7. The highest BCUT2D eigenvalue weighted by molar-refractivity contribution is 7.10. The zero-order valence-corrected chi connectivity index (χ0v) is 25.3. The first kappa shape index (κ1) is 35.3. The number of benzene rings is 2. The van der Waals surface area contributed by atoms with Crippen molar-refractivity contribution in [1.82, 2.24) is 15.5 Å². The van der Waals surface area contributed by atoms with Gasteiger partial charge in [0, 0.05) is 39.9 Å². The van der Waals surface area contributed by atoms with E-state index in [4.69, 9.17) is 15.9 Å². The molecule has 1 aromatic heterocycles. The fraction of sp³-hybridized carbons (Fsp3) is 0.310. The van der Waals surface area contributed by atoms with E-state index in [1.807, 2.05) is 0 Å². The number of likely N-dealkylation sites (tertiary alicyclic amines) is 1. The van der Waals surface area contributed by atoms with Crippen LogP contribution in [0.4, 0.5) is 17.6 Å². The minimum atomic E-state index is -3.10. The Morgan fingerprint density at radius 1 is 1.04 bits per heavy atom. The lowest BCUT2D eigenvalue weighted by molar-refractivity contribution is -0.160. The van der Waals surface area contributed by atoms with Crippen LogP contribution in [0.2, 0.25) is 0 Å². The molecule has 5 N–H and O–H groups in total. The lowest BCUT2D eigenvalue weighted by Crippen LogP contribution is -2.49. The van der Waals surface area contributed by atoms with Crippen molar-refractivity contribution < 1.29 is 41.4 Å². The van der Waals surface area contributed by atoms with Crippen LogP contribution in [0, 0.1) is 5.41 Å². The van der Waals surface area contributed by atoms with Crippen LogP contribution in [0.5, 0.6) is 11.5 Å². The molecule has 16 heteroatoms. The second-order valence-corrected chi connectivity index (χ2v) is 10.8. The third-order valence-electron chi connectivity index (χ3n) is 6.78. The molecular formula is C29H30ClF4N5O5S. The van der Waals surface area contributed by atoms with E-state index in [0.717, 1.165) is 4.90 Å². The first-order chi connectivity index (χ1) is 20.9. The smallest absolute Gasteiger partial charge is 0.345 e. The number of carbonyl (C=O) groups is 3. The van der Waals surface area contributed by atoms with Crippen molar-refractivity contribution in [1.29, 1.82) is 5.41 Å². The van der Waals surface area contributed by atoms with Gasteiger partial charge in [0.2, 0.25) is 11.8 Å². The highest BCUT2D eigenvalue weighted by atomic mass is 35.5. The third kappa shape index (κ3) is 9.39. The number of hydrogen-bond donors (Lipinski definition) is 4. The van der Waals surface area contributed by atoms with Crippen molar-refractivity contribution in [3.05, 3.63) is 81.5 Å². The van der Waals surface area contributed by atoms with E-state index < -0.39 is 55.5 Å². The molecule has 4 rings (SSSR count). The number of rotatable bonds is 12. The van der Waals surface area contributed by atoms with Gasteiger partial charge in [-0.2, -0.15) is 8.78 Å². The van der Waals surface area contributed by atoms with Gasteiger partial charge in [0.1, 0.15) is 23.4 Å². The number of nitrogens with two attached hydrogens (primary N) is 1. The van der Waals surface area contributed by atoms with Crippen LogP contribution in [0.3, 0.4) is 0 Å². The monoisotopic (exact) mass is 671 g/mol. The number of amides is 3. The van der Waals surface area contributed by atoms with Gasteiger partial charge in [-0.3, -0.25) is 19.8 Å². The molecule has 1 unspecified atom stereocenters. The van der Waals surface area contributed by atoms with E-state index in [2.05, 4.69) is 15.4 Å². The van der Waals surface area contributed by atoms with Crippen molar-refractivity contribution in [2.75, 3.05) is 13.1 Å². The quantitative estimate of drug-likeness (QED) is 0.121. The van der Waals surface area contributed by atoms with Crippen LogP contribution >= 0.6 is 23.7 Å². The Hall–Kier alpha value is -4.21. The lowest BCUT2D eigenvalue weighted by atomic mass is 10.1. The van der Waals surface area contributed by atoms with Crippen LogP contribution in [-0.2, 0) is 14.3 Å². The predicted octanol–water partition coefficient (Wildman–Crippen LogP) is 5.00. The predicted molar refractivity (Wildman–Crippen MR) is 160 cm³/mol. The van der Waals surface area contributed by atoms with Crippen molar-refractivity contribution in [2.45, 2.75) is 44.6 Å². The van der Waals surface area contributed by atoms with Crippen molar-refractivity contribution >= 4 is 47.3 Å². The summed E-state index contributed by atoms with van der Waals surface area (Å²) in [6.45, 7) is -2.19. The molecule has 1 aliphatic rings. The number of alkyl halides is 4. The first-order valence-electron chi connectivity index (χ1n) is 13.3. The maximum Gasteiger partial charge on any atom is 0.345 e. The van der Waals surface area contributed by atoms with Gasteiger partial charge in [0.25, 0.3) is 12.3 Å². The molecule has 0 aliphatic carbocycles. The van der Waals surface area contributed by atoms with E-state index in [1.165, 1.54) is 59.9 Å². The van der Waals surface area contributed by atoms with Gasteiger partial charge >= 0.3 is 6.61 Å². The molecule has 0 spiro atoms. The minimum absolute atomic E-state index is 0. The molecule has 3 aromatic rings. The van der Waals surface area contributed by atoms with Crippen LogP contribution in [0.25, 0.3) is 0 Å². The molecule has 2 aromatic carbocycles. The van der Waals surface area contributed by atoms with E-state index in [0.29, 0.717) is 21.9 Å². The lowest BCUT2D eigenvalue weighted by Gasteiger charge is -2.25. The molecule has 0 saturated carbocycles. The van der Waals surface area contributed by atoms with E-state index >= 15 is 0 Å². The summed E-state index contributed by atoms with van der Waals surface area (Å²) in [6.07, 6.45) is -3.86. The number of ether oxygens (including phenoxy) is 2. The molecule has 1 aliphatic heterocycles. The third-order valence-corrected chi connectivity index (χ3v) is 7.90. The summed E-state index contributed by atoms with van der Waals surface area (Å²) in [6, 6.07) is 11.1. The van der Waals surface area contributed by atoms with Crippen molar-refractivity contribution in [3.63, 3.8) is 0 Å². The molecule has 2 heterocycles. The molecule has 3 amide bonds. The first-order valence-corrected chi connectivity index (χ1v) is 14.2. The zero-order chi connectivity index (χ0) is 32.0. The zero-order valence-electron chi connectivity index (χ0n) is 23.7. The molecule has 10 nitrogen and oxygen atoms in total. The fourth-order valence-corrected chi connectivity index (χ4v) is 5.43. The topological polar surface area (TPSA) is 147 Å². The van der Waals surface area contributed by atoms with Gasteiger partial charge in [-0.05, 0) is 61.5 Å². The number of thiophene rings is 1. The van der Waals surface area contributed by atoms with Crippen LogP contribution in [-0.4, -0.2) is 60.3 Å². The number of amidine groups is 1. The maximum atomic E-state index is 13.1. The summed E-state index contributed by atoms with van der Waals surface area (Å²) >= 11 is 1.28. The average Bonchev–Trinajstić information content (AvgIpc) is 3.64. The van der Waals surface area contributed by atoms with Gasteiger partial charge < -0.3 is 30.7 Å². The summed E-state index contributed by atoms with van der Waals surface area (Å²) < 4.78 is 61.5. The van der Waals surface area contributed by atoms with Gasteiger partial charge in [-0.1, -0.05) is 0 Å². The Morgan fingerprint density at radius 2 is 1.67 bits per heavy atom. The highest BCUT2D eigenvalue weighted by Crippen LogP contribution is 2.27. The second kappa shape index (κ2) is 15.7. The van der Waals surface area contributed by atoms with E-state index in [9.17, 15) is 31.9 Å². The number of nitrogens with one attached hydrogen (secondary N) is 3. The summed E-state index contributed by atoms with van der Waals surface area (Å²) in [7, 11) is 0. The Kier molecular flexibility index (Phi) is 12.3. The van der Waals surface area contributed by atoms with E-state index in [-0.39, 0.29) is 42.3 Å². The van der Waals surface area contributed by atoms with Crippen LogP contribution in [0.1, 0.15) is 52.2 Å². The molecule has 1 saturated heterocycles. The Bertz CT molecular complexity index is 1490. The van der Waals surface area contributed by atoms with Gasteiger partial charge in [0.05, 0.1) is 18.7 Å². The van der Waals surface area contributed by atoms with Gasteiger partial charge in [-0.25, -0.2) is 8.78 Å². The Balaban J connectivity index is 0.00000552. The number of carbonyl (C=O) groups excluding carboxylic acids is 3. The average molecular weight is 672 g/mol. The summed E-state index contributed by atoms with van der Waals surface area (Å²) in [5.74, 6) is -1.34. The SMILES string of the molecule is CC(NC(=O)[C@@H]1C[C@@H](OC(F)F)CN1C(=O)CNC(=O)c1ccc(Oc2ccc(C(F)F)cc2)cc1)c1cc(C(=N)N)cs1.Cl. The molecule has 3 atom stereocenters. The van der Waals surface area contributed by atoms with Crippen molar-refractivity contribution in [2.24, 2.45) is 5.73 Å². The van der Waals surface area contributed by atoms with Gasteiger partial charge in [-0.15, -0.1) is 23.7 Å².